The van der Waals surface area contributed by atoms with E-state index in [1.54, 1.807) is 11.0 Å². The van der Waals surface area contributed by atoms with Gasteiger partial charge in [0, 0.05) is 37.4 Å². The van der Waals surface area contributed by atoms with E-state index in [0.717, 1.165) is 23.3 Å². The molecule has 2 aromatic carbocycles. The number of amides is 1. The van der Waals surface area contributed by atoms with Crippen LogP contribution < -0.4 is 4.90 Å². The number of benzene rings is 2. The molecule has 4 rings (SSSR count). The highest BCUT2D eigenvalue weighted by molar-refractivity contribution is 5.76. The quantitative estimate of drug-likeness (QED) is 0.637. The van der Waals surface area contributed by atoms with Gasteiger partial charge in [0.05, 0.1) is 5.56 Å². The minimum absolute atomic E-state index is 0.0392. The van der Waals surface area contributed by atoms with Crippen LogP contribution in [0.2, 0.25) is 0 Å². The van der Waals surface area contributed by atoms with Crippen LogP contribution in [0.5, 0.6) is 0 Å². The minimum Gasteiger partial charge on any atom is -0.368 e. The number of hydrogen-bond acceptors (Lipinski definition) is 5. The maximum atomic E-state index is 13.0. The van der Waals surface area contributed by atoms with Gasteiger partial charge in [0.15, 0.2) is 0 Å². The first-order valence-electron chi connectivity index (χ1n) is 9.85. The first-order valence-corrected chi connectivity index (χ1v) is 9.85. The monoisotopic (exact) mass is 430 g/mol. The molecule has 1 saturated heterocycles. The summed E-state index contributed by atoms with van der Waals surface area (Å²) in [4.78, 5) is 17.4. The van der Waals surface area contributed by atoms with E-state index in [0.29, 0.717) is 37.7 Å². The number of carbonyl (C=O) groups excluding carboxylic acids is 1. The number of aromatic nitrogens is 4. The lowest BCUT2D eigenvalue weighted by Gasteiger charge is -2.36. The molecular weight excluding hydrogens is 409 g/mol. The fourth-order valence-corrected chi connectivity index (χ4v) is 3.56. The van der Waals surface area contributed by atoms with E-state index in [4.69, 9.17) is 0 Å². The number of halogens is 3. The molecule has 7 nitrogen and oxygen atoms in total. The summed E-state index contributed by atoms with van der Waals surface area (Å²) >= 11 is 0. The Hall–Kier alpha value is -3.43. The number of nitrogens with zero attached hydrogens (tertiary/aromatic N) is 6. The van der Waals surface area contributed by atoms with Crippen LogP contribution in [-0.2, 0) is 17.5 Å². The van der Waals surface area contributed by atoms with E-state index in [2.05, 4.69) is 15.4 Å². The number of hydrogen-bond donors (Lipinski definition) is 0. The number of rotatable bonds is 4. The second-order valence-electron chi connectivity index (χ2n) is 7.37. The van der Waals surface area contributed by atoms with E-state index in [-0.39, 0.29) is 12.5 Å². The van der Waals surface area contributed by atoms with E-state index in [9.17, 15) is 18.0 Å². The minimum atomic E-state index is -4.38. The molecule has 0 saturated carbocycles. The normalized spacial score (nSPS) is 14.7. The first kappa shape index (κ1) is 20.8. The summed E-state index contributed by atoms with van der Waals surface area (Å²) in [6.07, 6.45) is -4.38. The van der Waals surface area contributed by atoms with Gasteiger partial charge in [-0.15, -0.1) is 10.2 Å². The van der Waals surface area contributed by atoms with Crippen molar-refractivity contribution in [2.24, 2.45) is 0 Å². The van der Waals surface area contributed by atoms with Crippen LogP contribution in [0.15, 0.2) is 48.5 Å². The molecule has 1 aliphatic rings. The molecule has 0 bridgehead atoms. The van der Waals surface area contributed by atoms with E-state index < -0.39 is 11.7 Å². The molecule has 1 amide bonds. The second kappa shape index (κ2) is 8.37. The summed E-state index contributed by atoms with van der Waals surface area (Å²) < 4.78 is 38.9. The molecule has 0 radical (unpaired) electrons. The lowest BCUT2D eigenvalue weighted by Crippen LogP contribution is -2.49. The Morgan fingerprint density at radius 1 is 1.03 bits per heavy atom. The van der Waals surface area contributed by atoms with Crippen molar-refractivity contribution in [1.29, 1.82) is 0 Å². The SMILES string of the molecule is Cc1ccccc1-c1nnn(CC(=O)N2CCN(c3cccc(C(F)(F)F)c3)CC2)n1. The summed E-state index contributed by atoms with van der Waals surface area (Å²) in [5.74, 6) is 0.303. The molecule has 31 heavy (non-hydrogen) atoms. The van der Waals surface area contributed by atoms with Gasteiger partial charge in [-0.05, 0) is 35.9 Å². The lowest BCUT2D eigenvalue weighted by molar-refractivity contribution is -0.137. The van der Waals surface area contributed by atoms with Crippen molar-refractivity contribution >= 4 is 11.6 Å². The van der Waals surface area contributed by atoms with Gasteiger partial charge in [-0.3, -0.25) is 4.79 Å². The van der Waals surface area contributed by atoms with Gasteiger partial charge in [0.2, 0.25) is 11.7 Å². The Bertz CT molecular complexity index is 1070. The maximum absolute atomic E-state index is 13.0. The third-order valence-electron chi connectivity index (χ3n) is 5.29. The van der Waals surface area contributed by atoms with E-state index in [1.807, 2.05) is 36.1 Å². The van der Waals surface area contributed by atoms with Crippen molar-refractivity contribution in [2.75, 3.05) is 31.1 Å². The molecule has 3 aromatic rings. The van der Waals surface area contributed by atoms with Crippen LogP contribution in [0, 0.1) is 6.92 Å². The number of anilines is 1. The van der Waals surface area contributed by atoms with Crippen LogP contribution in [0.25, 0.3) is 11.4 Å². The third kappa shape index (κ3) is 4.68. The molecule has 2 heterocycles. The summed E-state index contributed by atoms with van der Waals surface area (Å²) in [6, 6.07) is 12.9. The standard InChI is InChI=1S/C21H21F3N6O/c1-15-5-2-3-8-18(15)20-25-27-30(26-20)14-19(31)29-11-9-28(10-12-29)17-7-4-6-16(13-17)21(22,23)24/h2-8,13H,9-12,14H2,1H3. The fourth-order valence-electron chi connectivity index (χ4n) is 3.56. The molecule has 0 aliphatic carbocycles. The molecular formula is C21H21F3N6O. The van der Waals surface area contributed by atoms with Crippen molar-refractivity contribution in [3.63, 3.8) is 0 Å². The van der Waals surface area contributed by atoms with Crippen LogP contribution >= 0.6 is 0 Å². The molecule has 1 fully saturated rings. The first-order chi connectivity index (χ1) is 14.8. The zero-order valence-electron chi connectivity index (χ0n) is 16.9. The summed E-state index contributed by atoms with van der Waals surface area (Å²) in [5, 5.41) is 12.3. The van der Waals surface area contributed by atoms with Crippen LogP contribution in [0.3, 0.4) is 0 Å². The van der Waals surface area contributed by atoms with Gasteiger partial charge in [-0.1, -0.05) is 30.3 Å². The molecule has 162 valence electrons. The average molecular weight is 430 g/mol. The topological polar surface area (TPSA) is 67.2 Å². The number of aryl methyl sites for hydroxylation is 1. The Morgan fingerprint density at radius 3 is 2.48 bits per heavy atom. The van der Waals surface area contributed by atoms with Crippen LogP contribution in [0.1, 0.15) is 11.1 Å². The Morgan fingerprint density at radius 2 is 1.77 bits per heavy atom. The van der Waals surface area contributed by atoms with Gasteiger partial charge in [-0.25, -0.2) is 0 Å². The van der Waals surface area contributed by atoms with E-state index in [1.165, 1.54) is 10.9 Å². The Labute approximate surface area is 177 Å². The molecule has 0 N–H and O–H groups in total. The summed E-state index contributed by atoms with van der Waals surface area (Å²) in [7, 11) is 0. The van der Waals surface area contributed by atoms with Gasteiger partial charge < -0.3 is 9.80 Å². The zero-order valence-corrected chi connectivity index (χ0v) is 16.9. The number of tetrazole rings is 1. The van der Waals surface area contributed by atoms with Gasteiger partial charge in [-0.2, -0.15) is 18.0 Å². The molecule has 1 aromatic heterocycles. The Balaban J connectivity index is 1.36. The second-order valence-corrected chi connectivity index (χ2v) is 7.37. The highest BCUT2D eigenvalue weighted by Gasteiger charge is 2.31. The number of piperazine rings is 1. The zero-order chi connectivity index (χ0) is 22.0. The predicted octanol–water partition coefficient (Wildman–Crippen LogP) is 3.02. The van der Waals surface area contributed by atoms with Gasteiger partial charge in [0.1, 0.15) is 6.54 Å². The van der Waals surface area contributed by atoms with Crippen LogP contribution in [0.4, 0.5) is 18.9 Å². The molecule has 0 spiro atoms. The maximum Gasteiger partial charge on any atom is 0.416 e. The Kier molecular flexibility index (Phi) is 5.62. The molecule has 0 atom stereocenters. The molecule has 1 aliphatic heterocycles. The molecule has 10 heteroatoms. The van der Waals surface area contributed by atoms with Gasteiger partial charge >= 0.3 is 6.18 Å². The average Bonchev–Trinajstić information content (AvgIpc) is 3.22. The molecule has 0 unspecified atom stereocenters. The third-order valence-corrected chi connectivity index (χ3v) is 5.29. The van der Waals surface area contributed by atoms with Crippen molar-refractivity contribution in [3.8, 4) is 11.4 Å². The van der Waals surface area contributed by atoms with E-state index >= 15 is 0 Å². The van der Waals surface area contributed by atoms with Gasteiger partial charge in [0.25, 0.3) is 0 Å². The largest absolute Gasteiger partial charge is 0.416 e. The fraction of sp³-hybridized carbons (Fsp3) is 0.333. The summed E-state index contributed by atoms with van der Waals surface area (Å²) in [5.41, 5.74) is 1.70. The van der Waals surface area contributed by atoms with Crippen molar-refractivity contribution in [3.05, 3.63) is 59.7 Å². The number of alkyl halides is 3. The lowest BCUT2D eigenvalue weighted by atomic mass is 10.1. The summed E-state index contributed by atoms with van der Waals surface area (Å²) in [6.45, 7) is 3.63. The highest BCUT2D eigenvalue weighted by Crippen LogP contribution is 2.31. The van der Waals surface area contributed by atoms with Crippen molar-refractivity contribution in [2.45, 2.75) is 19.6 Å². The highest BCUT2D eigenvalue weighted by atomic mass is 19.4. The van der Waals surface area contributed by atoms with Crippen molar-refractivity contribution in [1.82, 2.24) is 25.1 Å². The van der Waals surface area contributed by atoms with Crippen LogP contribution in [-0.4, -0.2) is 57.2 Å². The predicted molar refractivity (Wildman–Crippen MR) is 108 cm³/mol. The smallest absolute Gasteiger partial charge is 0.368 e. The van der Waals surface area contributed by atoms with Crippen molar-refractivity contribution < 1.29 is 18.0 Å². The number of carbonyl (C=O) groups is 1.